The maximum atomic E-state index is 12.8. The molecule has 0 amide bonds. The Morgan fingerprint density at radius 1 is 1.38 bits per heavy atom. The number of ether oxygens (including phenoxy) is 1. The first-order chi connectivity index (χ1) is 11.7. The van der Waals surface area contributed by atoms with Crippen LogP contribution in [0.4, 0.5) is 5.69 Å². The molecule has 2 fully saturated rings. The first-order valence-corrected chi connectivity index (χ1v) is 9.16. The minimum atomic E-state index is -0.132. The van der Waals surface area contributed by atoms with Crippen molar-refractivity contribution in [3.8, 4) is 0 Å². The summed E-state index contributed by atoms with van der Waals surface area (Å²) in [7, 11) is 1.52. The van der Waals surface area contributed by atoms with Gasteiger partial charge in [-0.1, -0.05) is 31.5 Å². The van der Waals surface area contributed by atoms with Crippen LogP contribution in [-0.4, -0.2) is 37.1 Å². The molecule has 1 spiro atoms. The quantitative estimate of drug-likeness (QED) is 0.850. The molecule has 1 N–H and O–H groups in total. The molecule has 1 aromatic rings. The van der Waals surface area contributed by atoms with E-state index in [4.69, 9.17) is 4.74 Å². The second-order valence-electron chi connectivity index (χ2n) is 7.62. The van der Waals surface area contributed by atoms with Gasteiger partial charge >= 0.3 is 5.97 Å². The molecule has 24 heavy (non-hydrogen) atoms. The smallest absolute Gasteiger partial charge is 0.335 e. The third kappa shape index (κ3) is 1.51. The number of nitrogens with zero attached hydrogens (tertiary/aromatic N) is 1. The van der Waals surface area contributed by atoms with Gasteiger partial charge in [0.25, 0.3) is 0 Å². The average Bonchev–Trinajstić information content (AvgIpc) is 3.17. The van der Waals surface area contributed by atoms with Crippen LogP contribution in [0.3, 0.4) is 0 Å². The lowest BCUT2D eigenvalue weighted by Gasteiger charge is -2.52. The average molecular weight is 324 g/mol. The highest BCUT2D eigenvalue weighted by molar-refractivity contribution is 5.93. The number of hydrogen-bond acceptors (Lipinski definition) is 4. The van der Waals surface area contributed by atoms with E-state index in [2.05, 4.69) is 41.4 Å². The number of hydrogen-bond donors (Lipinski definition) is 1. The second kappa shape index (κ2) is 4.85. The van der Waals surface area contributed by atoms with Crippen molar-refractivity contribution >= 4 is 11.7 Å². The van der Waals surface area contributed by atoms with Gasteiger partial charge in [-0.25, -0.2) is 4.79 Å². The SMILES string of the molecule is CC[C@@H]1[C@@H]2N3CC[C@H]1C(C(=O)OC)=C1Nc4ccccc4[C@@]12CC3. The van der Waals surface area contributed by atoms with Crippen molar-refractivity contribution in [2.24, 2.45) is 11.8 Å². The van der Waals surface area contributed by atoms with Crippen LogP contribution in [0.25, 0.3) is 0 Å². The molecule has 5 rings (SSSR count). The van der Waals surface area contributed by atoms with Gasteiger partial charge in [0, 0.05) is 17.4 Å². The molecular weight excluding hydrogens is 300 g/mol. The van der Waals surface area contributed by atoms with Crippen molar-refractivity contribution in [1.29, 1.82) is 0 Å². The Hall–Kier alpha value is -1.81. The normalized spacial score (nSPS) is 36.2. The predicted molar refractivity (Wildman–Crippen MR) is 92.7 cm³/mol. The van der Waals surface area contributed by atoms with E-state index >= 15 is 0 Å². The molecule has 3 heterocycles. The largest absolute Gasteiger partial charge is 0.466 e. The zero-order valence-electron chi connectivity index (χ0n) is 14.3. The summed E-state index contributed by atoms with van der Waals surface area (Å²) in [5.41, 5.74) is 4.60. The minimum absolute atomic E-state index is 0.0439. The number of rotatable bonds is 2. The zero-order chi connectivity index (χ0) is 16.5. The molecule has 4 aliphatic rings. The topological polar surface area (TPSA) is 41.6 Å². The number of carbonyl (C=O) groups excluding carboxylic acids is 1. The molecule has 0 radical (unpaired) electrons. The molecule has 126 valence electrons. The summed E-state index contributed by atoms with van der Waals surface area (Å²) in [6, 6.07) is 9.14. The Morgan fingerprint density at radius 2 is 2.21 bits per heavy atom. The fourth-order valence-corrected chi connectivity index (χ4v) is 6.20. The van der Waals surface area contributed by atoms with Gasteiger partial charge in [-0.05, 0) is 49.4 Å². The van der Waals surface area contributed by atoms with Gasteiger partial charge < -0.3 is 10.1 Å². The summed E-state index contributed by atoms with van der Waals surface area (Å²) in [5, 5.41) is 3.65. The first-order valence-electron chi connectivity index (χ1n) is 9.16. The van der Waals surface area contributed by atoms with E-state index in [-0.39, 0.29) is 11.4 Å². The van der Waals surface area contributed by atoms with Crippen LogP contribution >= 0.6 is 0 Å². The third-order valence-corrected chi connectivity index (χ3v) is 6.97. The van der Waals surface area contributed by atoms with Crippen LogP contribution in [-0.2, 0) is 14.9 Å². The fraction of sp³-hybridized carbons (Fsp3) is 0.550. The van der Waals surface area contributed by atoms with Gasteiger partial charge in [-0.3, -0.25) is 4.90 Å². The Morgan fingerprint density at radius 3 is 3.00 bits per heavy atom. The number of piperidine rings is 1. The van der Waals surface area contributed by atoms with Crippen molar-refractivity contribution in [2.45, 2.75) is 37.6 Å². The molecule has 1 aromatic carbocycles. The number of carbonyl (C=O) groups is 1. The molecule has 0 aromatic heterocycles. The summed E-state index contributed by atoms with van der Waals surface area (Å²) in [5.74, 6) is 0.728. The van der Waals surface area contributed by atoms with Crippen LogP contribution < -0.4 is 5.32 Å². The van der Waals surface area contributed by atoms with Crippen LogP contribution in [0, 0.1) is 11.8 Å². The van der Waals surface area contributed by atoms with E-state index < -0.39 is 0 Å². The second-order valence-corrected chi connectivity index (χ2v) is 7.62. The van der Waals surface area contributed by atoms with E-state index in [0.717, 1.165) is 43.6 Å². The number of anilines is 1. The molecule has 2 saturated heterocycles. The summed E-state index contributed by atoms with van der Waals surface area (Å²) in [4.78, 5) is 15.4. The van der Waals surface area contributed by atoms with Crippen molar-refractivity contribution in [3.63, 3.8) is 0 Å². The van der Waals surface area contributed by atoms with E-state index in [1.165, 1.54) is 18.4 Å². The van der Waals surface area contributed by atoms with Crippen LogP contribution in [0.5, 0.6) is 0 Å². The van der Waals surface area contributed by atoms with Crippen molar-refractivity contribution in [1.82, 2.24) is 4.90 Å². The Kier molecular flexibility index (Phi) is 2.94. The fourth-order valence-electron chi connectivity index (χ4n) is 6.20. The Bertz CT molecular complexity index is 756. The lowest BCUT2D eigenvalue weighted by Crippen LogP contribution is -2.58. The molecule has 1 aliphatic carbocycles. The molecule has 4 atom stereocenters. The number of fused-ring (bicyclic) bond motifs is 2. The number of methoxy groups -OCH3 is 1. The molecule has 4 nitrogen and oxygen atoms in total. The lowest BCUT2D eigenvalue weighted by molar-refractivity contribution is -0.138. The standard InChI is InChI=1S/C20H24N2O2/c1-3-12-13-8-10-22-11-9-20(18(12)22)14-6-4-5-7-15(14)21-17(20)16(13)19(23)24-2/h4-7,12-13,18,21H,3,8-11H2,1-2H3/t12-,13+,18-,20-/m0/s1. The highest BCUT2D eigenvalue weighted by Gasteiger charge is 2.64. The van der Waals surface area contributed by atoms with E-state index in [9.17, 15) is 4.79 Å². The highest BCUT2D eigenvalue weighted by Crippen LogP contribution is 2.62. The molecule has 4 heteroatoms. The monoisotopic (exact) mass is 324 g/mol. The lowest BCUT2D eigenvalue weighted by atomic mass is 9.57. The van der Waals surface area contributed by atoms with E-state index in [1.54, 1.807) is 0 Å². The van der Waals surface area contributed by atoms with Gasteiger partial charge in [0.15, 0.2) is 0 Å². The van der Waals surface area contributed by atoms with Crippen LogP contribution in [0.1, 0.15) is 31.7 Å². The van der Waals surface area contributed by atoms with Crippen molar-refractivity contribution in [2.75, 3.05) is 25.5 Å². The molecule has 0 saturated carbocycles. The predicted octanol–water partition coefficient (Wildman–Crippen LogP) is 2.91. The van der Waals surface area contributed by atoms with Gasteiger partial charge in [-0.15, -0.1) is 0 Å². The molecule has 0 unspecified atom stereocenters. The maximum Gasteiger partial charge on any atom is 0.335 e. The van der Waals surface area contributed by atoms with Crippen molar-refractivity contribution < 1.29 is 9.53 Å². The number of para-hydroxylation sites is 1. The van der Waals surface area contributed by atoms with E-state index in [0.29, 0.717) is 17.9 Å². The number of esters is 1. The van der Waals surface area contributed by atoms with Crippen molar-refractivity contribution in [3.05, 3.63) is 41.1 Å². The highest BCUT2D eigenvalue weighted by atomic mass is 16.5. The minimum Gasteiger partial charge on any atom is -0.466 e. The van der Waals surface area contributed by atoms with Gasteiger partial charge in [-0.2, -0.15) is 0 Å². The number of nitrogens with one attached hydrogen (secondary N) is 1. The van der Waals surface area contributed by atoms with Gasteiger partial charge in [0.05, 0.1) is 18.1 Å². The van der Waals surface area contributed by atoms with Crippen LogP contribution in [0.15, 0.2) is 35.5 Å². The third-order valence-electron chi connectivity index (χ3n) is 6.97. The summed E-state index contributed by atoms with van der Waals surface area (Å²) >= 11 is 0. The Labute approximate surface area is 142 Å². The summed E-state index contributed by atoms with van der Waals surface area (Å²) < 4.78 is 5.23. The van der Waals surface area contributed by atoms with E-state index in [1.807, 2.05) is 0 Å². The summed E-state index contributed by atoms with van der Waals surface area (Å²) in [6.45, 7) is 4.51. The Balaban J connectivity index is 1.83. The first kappa shape index (κ1) is 14.5. The maximum absolute atomic E-state index is 12.8. The van der Waals surface area contributed by atoms with Crippen LogP contribution in [0.2, 0.25) is 0 Å². The number of benzene rings is 1. The molecular formula is C20H24N2O2. The van der Waals surface area contributed by atoms with Gasteiger partial charge in [0.1, 0.15) is 0 Å². The summed E-state index contributed by atoms with van der Waals surface area (Å²) in [6.07, 6.45) is 3.28. The molecule has 2 bridgehead atoms. The molecule has 3 aliphatic heterocycles. The zero-order valence-corrected chi connectivity index (χ0v) is 14.3. The van der Waals surface area contributed by atoms with Gasteiger partial charge in [0.2, 0.25) is 0 Å².